The van der Waals surface area contributed by atoms with Gasteiger partial charge < -0.3 is 10.8 Å². The molecule has 0 radical (unpaired) electrons. The smallest absolute Gasteiger partial charge is 0.416 e. The fourth-order valence-corrected chi connectivity index (χ4v) is 4.39. The number of hydrogen-bond donors (Lipinski definition) is 4. The second kappa shape index (κ2) is 18.9. The predicted molar refractivity (Wildman–Crippen MR) is 192 cm³/mol. The van der Waals surface area contributed by atoms with E-state index < -0.39 is 17.7 Å². The fraction of sp³-hybridized carbons (Fsp3) is 0.143. The molecule has 54 heavy (non-hydrogen) atoms. The number of benzene rings is 2. The molecule has 5 N–H and O–H groups in total. The largest absolute Gasteiger partial charge is 0.478 e. The molecule has 2 aromatic carbocycles. The lowest BCUT2D eigenvalue weighted by atomic mass is 10.1. The Morgan fingerprint density at radius 1 is 0.759 bits per heavy atom. The zero-order chi connectivity index (χ0) is 39.1. The SMILES string of the molecule is Cc1cc(-c2ncn(/C=C\C(=O)O)n2)cc(C(F)(F)F)c1.Cc1cc(C)cc(-c2ncn(/C=C\C(=O)NNc3cnccn3)n2)c1.NCc1cnccn1. The molecule has 0 spiro atoms. The van der Waals surface area contributed by atoms with Crippen molar-refractivity contribution in [3.05, 3.63) is 126 Å². The number of halogens is 3. The Balaban J connectivity index is 0.000000202. The monoisotopic (exact) mass is 741 g/mol. The van der Waals surface area contributed by atoms with Crippen LogP contribution in [0.3, 0.4) is 0 Å². The molecule has 278 valence electrons. The van der Waals surface area contributed by atoms with Crippen LogP contribution >= 0.6 is 0 Å². The van der Waals surface area contributed by atoms with Gasteiger partial charge in [0.2, 0.25) is 0 Å². The Morgan fingerprint density at radius 3 is 1.81 bits per heavy atom. The van der Waals surface area contributed by atoms with E-state index in [9.17, 15) is 22.8 Å². The van der Waals surface area contributed by atoms with Gasteiger partial charge in [-0.3, -0.25) is 30.6 Å². The van der Waals surface area contributed by atoms with Crippen molar-refractivity contribution in [3.63, 3.8) is 0 Å². The van der Waals surface area contributed by atoms with E-state index in [1.54, 1.807) is 38.0 Å². The Kier molecular flexibility index (Phi) is 13.9. The van der Waals surface area contributed by atoms with Crippen LogP contribution < -0.4 is 16.6 Å². The lowest BCUT2D eigenvalue weighted by Gasteiger charge is -2.09. The van der Waals surface area contributed by atoms with Gasteiger partial charge in [0.25, 0.3) is 5.91 Å². The van der Waals surface area contributed by atoms with E-state index in [1.807, 2.05) is 26.0 Å². The van der Waals surface area contributed by atoms with E-state index >= 15 is 0 Å². The predicted octanol–water partition coefficient (Wildman–Crippen LogP) is 4.73. The molecule has 0 aliphatic heterocycles. The molecule has 0 aliphatic carbocycles. The number of carboxylic acids is 1. The highest BCUT2D eigenvalue weighted by Crippen LogP contribution is 2.32. The maximum Gasteiger partial charge on any atom is 0.416 e. The third kappa shape index (κ3) is 12.9. The van der Waals surface area contributed by atoms with Crippen LogP contribution in [0.4, 0.5) is 19.0 Å². The minimum atomic E-state index is -4.45. The van der Waals surface area contributed by atoms with Crippen molar-refractivity contribution in [3.8, 4) is 22.8 Å². The maximum atomic E-state index is 12.8. The molecular formula is C35H34F3N13O3. The molecule has 4 aromatic heterocycles. The fourth-order valence-electron chi connectivity index (χ4n) is 4.39. The highest BCUT2D eigenvalue weighted by Gasteiger charge is 2.31. The first-order valence-corrected chi connectivity index (χ1v) is 15.8. The minimum Gasteiger partial charge on any atom is -0.478 e. The third-order valence-electron chi connectivity index (χ3n) is 6.61. The summed E-state index contributed by atoms with van der Waals surface area (Å²) < 4.78 is 40.9. The Labute approximate surface area is 306 Å². The molecule has 19 heteroatoms. The molecule has 1 amide bonds. The average molecular weight is 742 g/mol. The molecule has 0 bridgehead atoms. The van der Waals surface area contributed by atoms with E-state index in [0.29, 0.717) is 23.8 Å². The van der Waals surface area contributed by atoms with E-state index in [-0.39, 0.29) is 17.3 Å². The first kappa shape index (κ1) is 39.6. The number of anilines is 1. The number of hydrazine groups is 1. The molecule has 0 saturated carbocycles. The van der Waals surface area contributed by atoms with Crippen molar-refractivity contribution in [1.29, 1.82) is 0 Å². The zero-order valence-electron chi connectivity index (χ0n) is 29.0. The van der Waals surface area contributed by atoms with Crippen LogP contribution in [0.5, 0.6) is 0 Å². The number of carbonyl (C=O) groups excluding carboxylic acids is 1. The second-order valence-corrected chi connectivity index (χ2v) is 11.1. The number of nitrogens with zero attached hydrogens (tertiary/aromatic N) is 10. The summed E-state index contributed by atoms with van der Waals surface area (Å²) >= 11 is 0. The number of aromatic nitrogens is 10. The summed E-state index contributed by atoms with van der Waals surface area (Å²) in [4.78, 5) is 45.9. The van der Waals surface area contributed by atoms with Gasteiger partial charge in [-0.05, 0) is 56.7 Å². The molecule has 0 aliphatic rings. The van der Waals surface area contributed by atoms with Crippen LogP contribution in [0.15, 0.2) is 98.4 Å². The molecule has 16 nitrogen and oxygen atoms in total. The van der Waals surface area contributed by atoms with Crippen molar-refractivity contribution in [2.24, 2.45) is 5.73 Å². The van der Waals surface area contributed by atoms with Crippen LogP contribution in [0.2, 0.25) is 0 Å². The number of hydrogen-bond acceptors (Lipinski definition) is 12. The van der Waals surface area contributed by atoms with E-state index in [0.717, 1.165) is 51.5 Å². The summed E-state index contributed by atoms with van der Waals surface area (Å²) in [6.45, 7) is 6.07. The number of amides is 1. The van der Waals surface area contributed by atoms with Crippen molar-refractivity contribution >= 4 is 30.1 Å². The number of alkyl halides is 3. The zero-order valence-corrected chi connectivity index (χ0v) is 29.0. The summed E-state index contributed by atoms with van der Waals surface area (Å²) in [5, 5.41) is 16.7. The lowest BCUT2D eigenvalue weighted by Crippen LogP contribution is -2.28. The van der Waals surface area contributed by atoms with Crippen LogP contribution in [0, 0.1) is 20.8 Å². The van der Waals surface area contributed by atoms with E-state index in [2.05, 4.69) is 57.0 Å². The number of aliphatic carboxylic acids is 1. The van der Waals surface area contributed by atoms with E-state index in [4.69, 9.17) is 10.8 Å². The van der Waals surface area contributed by atoms with Gasteiger partial charge in [-0.15, -0.1) is 10.2 Å². The molecule has 6 aromatic rings. The van der Waals surface area contributed by atoms with Gasteiger partial charge in [-0.2, -0.15) is 13.2 Å². The van der Waals surface area contributed by atoms with Gasteiger partial charge in [0.15, 0.2) is 17.5 Å². The number of rotatable bonds is 9. The van der Waals surface area contributed by atoms with Crippen LogP contribution in [0.25, 0.3) is 35.2 Å². The quantitative estimate of drug-likeness (QED) is 0.117. The van der Waals surface area contributed by atoms with Crippen LogP contribution in [-0.2, 0) is 22.3 Å². The molecule has 6 rings (SSSR count). The average Bonchev–Trinajstić information content (AvgIpc) is 3.83. The highest BCUT2D eigenvalue weighted by atomic mass is 19.4. The van der Waals surface area contributed by atoms with Crippen LogP contribution in [-0.4, -0.2) is 66.4 Å². The molecule has 0 atom stereocenters. The van der Waals surface area contributed by atoms with Crippen molar-refractivity contribution in [2.75, 3.05) is 5.43 Å². The first-order valence-electron chi connectivity index (χ1n) is 15.8. The van der Waals surface area contributed by atoms with Gasteiger partial charge in [-0.25, -0.2) is 29.1 Å². The lowest BCUT2D eigenvalue weighted by molar-refractivity contribution is -0.137. The number of nitrogens with one attached hydrogen (secondary N) is 2. The third-order valence-corrected chi connectivity index (χ3v) is 6.61. The first-order chi connectivity index (χ1) is 25.8. The van der Waals surface area contributed by atoms with Crippen molar-refractivity contribution < 1.29 is 27.9 Å². The van der Waals surface area contributed by atoms with Crippen molar-refractivity contribution in [1.82, 2.24) is 54.9 Å². The summed E-state index contributed by atoms with van der Waals surface area (Å²) in [5.74, 6) is -0.382. The van der Waals surface area contributed by atoms with Gasteiger partial charge >= 0.3 is 12.1 Å². The molecule has 0 unspecified atom stereocenters. The summed E-state index contributed by atoms with van der Waals surface area (Å²) in [7, 11) is 0. The van der Waals surface area contributed by atoms with Crippen LogP contribution in [0.1, 0.15) is 27.9 Å². The van der Waals surface area contributed by atoms with Gasteiger partial charge in [0, 0.05) is 73.2 Å². The molecule has 4 heterocycles. The van der Waals surface area contributed by atoms with Gasteiger partial charge in [0.05, 0.1) is 17.5 Å². The highest BCUT2D eigenvalue weighted by molar-refractivity contribution is 5.90. The number of aryl methyl sites for hydroxylation is 3. The maximum absolute atomic E-state index is 12.8. The molecule has 0 saturated heterocycles. The number of carbonyl (C=O) groups is 2. The minimum absolute atomic E-state index is 0.0826. The summed E-state index contributed by atoms with van der Waals surface area (Å²) in [6, 6.07) is 9.64. The topological polar surface area (TPSA) is 217 Å². The Morgan fingerprint density at radius 2 is 1.31 bits per heavy atom. The Bertz CT molecular complexity index is 2180. The van der Waals surface area contributed by atoms with Gasteiger partial charge in [-0.1, -0.05) is 17.2 Å². The second-order valence-electron chi connectivity index (χ2n) is 11.1. The molecule has 0 fully saturated rings. The van der Waals surface area contributed by atoms with Crippen molar-refractivity contribution in [2.45, 2.75) is 33.5 Å². The normalized spacial score (nSPS) is 11.0. The van der Waals surface area contributed by atoms with Gasteiger partial charge in [0.1, 0.15) is 12.7 Å². The number of carboxylic acid groups (broad SMARTS) is 1. The summed E-state index contributed by atoms with van der Waals surface area (Å²) in [6.07, 6.45) is 12.6. The standard InChI is InChI=1S/C17H17N7O.C13H10F3N3O2.C5H7N3/c1-12-7-13(2)9-14(8-12)17-20-11-24(23-17)6-3-16(25)22-21-15-10-18-4-5-19-15;1-8-4-9(6-10(5-8)13(14,15)16)12-17-7-19(18-12)3-2-11(20)21;6-3-5-4-7-1-2-8-5/h3-11H,1-2H3,(H,19,21)(H,22,25);2-7H,1H3,(H,20,21);1-2,4H,3,6H2/b6-3-;3-2-;. The summed E-state index contributed by atoms with van der Waals surface area (Å²) in [5.41, 5.74) is 14.3. The Hall–Kier alpha value is -7.15. The number of nitrogens with two attached hydrogens (primary N) is 1. The molecular weight excluding hydrogens is 707 g/mol. The van der Waals surface area contributed by atoms with E-state index in [1.165, 1.54) is 41.7 Å².